The van der Waals surface area contributed by atoms with Crippen molar-refractivity contribution in [2.24, 2.45) is 0 Å². The van der Waals surface area contributed by atoms with E-state index in [1.165, 1.54) is 6.07 Å². The smallest absolute Gasteiger partial charge is 0.307 e. The SMILES string of the molecule is CC(C)c1c(F)c(C#N)cc(C2CC2)c1CC(=O)O. The standard InChI is InChI=1S/C15H16FNO2/c1-8(2)14-12(6-13(18)19)11(9-3-4-9)5-10(7-17)15(14)16/h5,8-9H,3-4,6H2,1-2H3,(H,18,19). The molecule has 1 saturated carbocycles. The second kappa shape index (κ2) is 5.00. The van der Waals surface area contributed by atoms with Crippen LogP contribution in [0.3, 0.4) is 0 Å². The van der Waals surface area contributed by atoms with Gasteiger partial charge in [-0.1, -0.05) is 13.8 Å². The number of carbonyl (C=O) groups is 1. The lowest BCUT2D eigenvalue weighted by atomic mass is 9.87. The summed E-state index contributed by atoms with van der Waals surface area (Å²) in [4.78, 5) is 11.0. The normalized spacial score (nSPS) is 14.5. The van der Waals surface area contributed by atoms with Gasteiger partial charge in [-0.25, -0.2) is 4.39 Å². The zero-order chi connectivity index (χ0) is 14.2. The molecule has 4 heteroatoms. The maximum absolute atomic E-state index is 14.3. The molecule has 0 amide bonds. The number of nitriles is 1. The van der Waals surface area contributed by atoms with Gasteiger partial charge in [0.1, 0.15) is 11.9 Å². The third-order valence-electron chi connectivity index (χ3n) is 3.49. The van der Waals surface area contributed by atoms with Crippen LogP contribution in [0.5, 0.6) is 0 Å². The largest absolute Gasteiger partial charge is 0.481 e. The summed E-state index contributed by atoms with van der Waals surface area (Å²) in [7, 11) is 0. The summed E-state index contributed by atoms with van der Waals surface area (Å²) in [6.45, 7) is 3.64. The lowest BCUT2D eigenvalue weighted by Crippen LogP contribution is -2.11. The summed E-state index contributed by atoms with van der Waals surface area (Å²) < 4.78 is 14.3. The Labute approximate surface area is 111 Å². The zero-order valence-electron chi connectivity index (χ0n) is 11.0. The highest BCUT2D eigenvalue weighted by atomic mass is 19.1. The van der Waals surface area contributed by atoms with Gasteiger partial charge in [-0.05, 0) is 47.4 Å². The summed E-state index contributed by atoms with van der Waals surface area (Å²) in [5.41, 5.74) is 1.84. The molecule has 1 aromatic rings. The van der Waals surface area contributed by atoms with Crippen molar-refractivity contribution in [3.63, 3.8) is 0 Å². The summed E-state index contributed by atoms with van der Waals surface area (Å²) in [5.74, 6) is -1.37. The van der Waals surface area contributed by atoms with E-state index < -0.39 is 11.8 Å². The van der Waals surface area contributed by atoms with Gasteiger partial charge >= 0.3 is 5.97 Å². The van der Waals surface area contributed by atoms with Crippen LogP contribution in [-0.4, -0.2) is 11.1 Å². The molecule has 0 radical (unpaired) electrons. The Morgan fingerprint density at radius 1 is 1.58 bits per heavy atom. The lowest BCUT2D eigenvalue weighted by Gasteiger charge is -2.18. The topological polar surface area (TPSA) is 61.1 Å². The number of hydrogen-bond acceptors (Lipinski definition) is 2. The summed E-state index contributed by atoms with van der Waals surface area (Å²) in [6, 6.07) is 3.41. The molecule has 0 atom stereocenters. The Bertz CT molecular complexity index is 568. The molecule has 19 heavy (non-hydrogen) atoms. The third kappa shape index (κ3) is 2.60. The van der Waals surface area contributed by atoms with Gasteiger partial charge in [-0.15, -0.1) is 0 Å². The van der Waals surface area contributed by atoms with Crippen LogP contribution in [0, 0.1) is 17.1 Å². The van der Waals surface area contributed by atoms with Crippen molar-refractivity contribution in [2.45, 2.75) is 44.9 Å². The van der Waals surface area contributed by atoms with Gasteiger partial charge in [0.2, 0.25) is 0 Å². The number of halogens is 1. The Hall–Kier alpha value is -1.89. The molecule has 0 aromatic heterocycles. The second-order valence-electron chi connectivity index (χ2n) is 5.33. The van der Waals surface area contributed by atoms with E-state index in [2.05, 4.69) is 0 Å². The van der Waals surface area contributed by atoms with Crippen LogP contribution < -0.4 is 0 Å². The highest BCUT2D eigenvalue weighted by Gasteiger charge is 2.31. The van der Waals surface area contributed by atoms with E-state index in [-0.39, 0.29) is 17.9 Å². The second-order valence-corrected chi connectivity index (χ2v) is 5.33. The Morgan fingerprint density at radius 3 is 2.63 bits per heavy atom. The minimum absolute atomic E-state index is 0.0275. The molecule has 1 fully saturated rings. The van der Waals surface area contributed by atoms with Gasteiger partial charge < -0.3 is 5.11 Å². The maximum atomic E-state index is 14.3. The molecular weight excluding hydrogens is 245 g/mol. The number of carboxylic acid groups (broad SMARTS) is 1. The molecule has 3 nitrogen and oxygen atoms in total. The Kier molecular flexibility index (Phi) is 3.57. The number of aliphatic carboxylic acids is 1. The third-order valence-corrected chi connectivity index (χ3v) is 3.49. The van der Waals surface area contributed by atoms with E-state index in [1.54, 1.807) is 0 Å². The fourth-order valence-electron chi connectivity index (χ4n) is 2.53. The lowest BCUT2D eigenvalue weighted by molar-refractivity contribution is -0.136. The minimum Gasteiger partial charge on any atom is -0.481 e. The number of rotatable bonds is 4. The van der Waals surface area contributed by atoms with Gasteiger partial charge in [0.05, 0.1) is 12.0 Å². The van der Waals surface area contributed by atoms with Gasteiger partial charge in [0.15, 0.2) is 0 Å². The van der Waals surface area contributed by atoms with E-state index in [0.29, 0.717) is 17.0 Å². The van der Waals surface area contributed by atoms with Crippen molar-refractivity contribution < 1.29 is 14.3 Å². The molecular formula is C15H16FNO2. The first kappa shape index (κ1) is 13.5. The van der Waals surface area contributed by atoms with Crippen molar-refractivity contribution in [3.05, 3.63) is 34.1 Å². The quantitative estimate of drug-likeness (QED) is 0.904. The number of hydrogen-bond donors (Lipinski definition) is 1. The van der Waals surface area contributed by atoms with Crippen LogP contribution in [-0.2, 0) is 11.2 Å². The fraction of sp³-hybridized carbons (Fsp3) is 0.467. The summed E-state index contributed by atoms with van der Waals surface area (Å²) in [5, 5.41) is 18.0. The first-order chi connectivity index (χ1) is 8.95. The Balaban J connectivity index is 2.68. The Morgan fingerprint density at radius 2 is 2.21 bits per heavy atom. The molecule has 1 aliphatic rings. The monoisotopic (exact) mass is 261 g/mol. The van der Waals surface area contributed by atoms with Crippen LogP contribution >= 0.6 is 0 Å². The van der Waals surface area contributed by atoms with Crippen LogP contribution in [0.2, 0.25) is 0 Å². The number of nitrogens with zero attached hydrogens (tertiary/aromatic N) is 1. The molecule has 100 valence electrons. The summed E-state index contributed by atoms with van der Waals surface area (Å²) >= 11 is 0. The number of benzene rings is 1. The highest BCUT2D eigenvalue weighted by Crippen LogP contribution is 2.44. The molecule has 0 heterocycles. The van der Waals surface area contributed by atoms with Gasteiger partial charge in [0.25, 0.3) is 0 Å². The van der Waals surface area contributed by atoms with Crippen LogP contribution in [0.1, 0.15) is 60.8 Å². The number of carboxylic acids is 1. The minimum atomic E-state index is -0.965. The van der Waals surface area contributed by atoms with Crippen LogP contribution in [0.25, 0.3) is 0 Å². The average Bonchev–Trinajstić information content (AvgIpc) is 3.12. The van der Waals surface area contributed by atoms with E-state index in [0.717, 1.165) is 18.4 Å². The van der Waals surface area contributed by atoms with E-state index in [4.69, 9.17) is 10.4 Å². The van der Waals surface area contributed by atoms with Crippen LogP contribution in [0.15, 0.2) is 6.07 Å². The van der Waals surface area contributed by atoms with E-state index in [9.17, 15) is 9.18 Å². The molecule has 0 spiro atoms. The van der Waals surface area contributed by atoms with Gasteiger partial charge in [-0.2, -0.15) is 5.26 Å². The van der Waals surface area contributed by atoms with Crippen molar-refractivity contribution >= 4 is 5.97 Å². The molecule has 2 rings (SSSR count). The van der Waals surface area contributed by atoms with Crippen molar-refractivity contribution in [1.29, 1.82) is 5.26 Å². The molecule has 0 bridgehead atoms. The van der Waals surface area contributed by atoms with Gasteiger partial charge in [-0.3, -0.25) is 4.79 Å². The van der Waals surface area contributed by atoms with Gasteiger partial charge in [0, 0.05) is 0 Å². The van der Waals surface area contributed by atoms with E-state index >= 15 is 0 Å². The zero-order valence-corrected chi connectivity index (χ0v) is 11.0. The predicted molar refractivity (Wildman–Crippen MR) is 68.5 cm³/mol. The van der Waals surface area contributed by atoms with Crippen molar-refractivity contribution in [1.82, 2.24) is 0 Å². The maximum Gasteiger partial charge on any atom is 0.307 e. The molecule has 0 unspecified atom stereocenters. The molecule has 1 aromatic carbocycles. The molecule has 1 N–H and O–H groups in total. The van der Waals surface area contributed by atoms with Crippen LogP contribution in [0.4, 0.5) is 4.39 Å². The first-order valence-electron chi connectivity index (χ1n) is 6.42. The highest BCUT2D eigenvalue weighted by molar-refractivity contribution is 5.72. The summed E-state index contributed by atoms with van der Waals surface area (Å²) in [6.07, 6.45) is 1.79. The fourth-order valence-corrected chi connectivity index (χ4v) is 2.53. The van der Waals surface area contributed by atoms with E-state index in [1.807, 2.05) is 19.9 Å². The van der Waals surface area contributed by atoms with Crippen molar-refractivity contribution in [3.8, 4) is 6.07 Å². The molecule has 0 saturated heterocycles. The molecule has 0 aliphatic heterocycles. The van der Waals surface area contributed by atoms with Crippen molar-refractivity contribution in [2.75, 3.05) is 0 Å². The molecule has 1 aliphatic carbocycles. The average molecular weight is 261 g/mol. The first-order valence-corrected chi connectivity index (χ1v) is 6.42. The predicted octanol–water partition coefficient (Wildman–Crippen LogP) is 3.33.